The minimum absolute atomic E-state index is 0.0566. The number of nitrogens with zero attached hydrogens (tertiary/aromatic N) is 2. The molecule has 1 aromatic rings. The van der Waals surface area contributed by atoms with E-state index in [1.54, 1.807) is 0 Å². The molecular weight excluding hydrogens is 262 g/mol. The van der Waals surface area contributed by atoms with Crippen LogP contribution in [0.5, 0.6) is 0 Å². The molecule has 0 radical (unpaired) electrons. The van der Waals surface area contributed by atoms with E-state index in [-0.39, 0.29) is 5.69 Å². The first kappa shape index (κ1) is 13.0. The Hall–Kier alpha value is -0.980. The summed E-state index contributed by atoms with van der Waals surface area (Å²) in [7, 11) is 0. The van der Waals surface area contributed by atoms with Gasteiger partial charge in [-0.15, -0.1) is 0 Å². The molecule has 0 amide bonds. The summed E-state index contributed by atoms with van der Waals surface area (Å²) in [6.45, 7) is 5.15. The molecule has 1 aromatic heterocycles. The molecule has 19 heavy (non-hydrogen) atoms. The maximum atomic E-state index is 12.1. The van der Waals surface area contributed by atoms with Gasteiger partial charge in [0, 0.05) is 37.4 Å². The first-order valence-electron chi connectivity index (χ1n) is 6.90. The van der Waals surface area contributed by atoms with Gasteiger partial charge in [0.05, 0.1) is 13.2 Å². The largest absolute Gasteiger partial charge is 0.379 e. The molecule has 1 aliphatic heterocycles. The third-order valence-corrected chi connectivity index (χ3v) is 4.35. The summed E-state index contributed by atoms with van der Waals surface area (Å²) in [6, 6.07) is 0. The van der Waals surface area contributed by atoms with E-state index in [1.807, 2.05) is 4.57 Å². The Labute approximate surface area is 117 Å². The van der Waals surface area contributed by atoms with Crippen molar-refractivity contribution in [2.45, 2.75) is 25.8 Å². The van der Waals surface area contributed by atoms with Gasteiger partial charge in [0.2, 0.25) is 0 Å². The highest BCUT2D eigenvalue weighted by Gasteiger charge is 2.19. The fourth-order valence-corrected chi connectivity index (χ4v) is 3.24. The minimum Gasteiger partial charge on any atom is -0.379 e. The van der Waals surface area contributed by atoms with Gasteiger partial charge < -0.3 is 4.74 Å². The quantitative estimate of drug-likeness (QED) is 0.830. The summed E-state index contributed by atoms with van der Waals surface area (Å²) in [5, 5.41) is 0. The minimum atomic E-state index is -0.0566. The first-order chi connectivity index (χ1) is 9.25. The van der Waals surface area contributed by atoms with E-state index >= 15 is 0 Å². The van der Waals surface area contributed by atoms with Gasteiger partial charge in [-0.2, -0.15) is 0 Å². The van der Waals surface area contributed by atoms with Crippen molar-refractivity contribution in [2.24, 2.45) is 0 Å². The molecule has 1 N–H and O–H groups in total. The molecule has 0 aromatic carbocycles. The van der Waals surface area contributed by atoms with Crippen LogP contribution in [0.25, 0.3) is 0 Å². The second-order valence-corrected chi connectivity index (χ2v) is 5.55. The molecule has 2 heterocycles. The van der Waals surface area contributed by atoms with Crippen molar-refractivity contribution in [3.05, 3.63) is 26.4 Å². The van der Waals surface area contributed by atoms with Crippen LogP contribution in [0.1, 0.15) is 17.7 Å². The lowest BCUT2D eigenvalue weighted by atomic mass is 10.2. The van der Waals surface area contributed by atoms with E-state index < -0.39 is 0 Å². The van der Waals surface area contributed by atoms with E-state index in [1.165, 1.54) is 5.56 Å². The van der Waals surface area contributed by atoms with Crippen LogP contribution in [0.15, 0.2) is 4.79 Å². The second-order valence-electron chi connectivity index (χ2n) is 5.14. The van der Waals surface area contributed by atoms with Gasteiger partial charge in [-0.05, 0) is 19.3 Å². The van der Waals surface area contributed by atoms with Gasteiger partial charge in [-0.1, -0.05) is 12.2 Å². The Balaban J connectivity index is 1.79. The van der Waals surface area contributed by atoms with Gasteiger partial charge >= 0.3 is 5.69 Å². The smallest absolute Gasteiger partial charge is 0.326 e. The lowest BCUT2D eigenvalue weighted by Gasteiger charge is -2.27. The molecule has 5 nitrogen and oxygen atoms in total. The zero-order valence-corrected chi connectivity index (χ0v) is 11.8. The maximum Gasteiger partial charge on any atom is 0.326 e. The lowest BCUT2D eigenvalue weighted by Crippen LogP contribution is -2.40. The number of ether oxygens (including phenoxy) is 1. The summed E-state index contributed by atoms with van der Waals surface area (Å²) in [6.07, 6.45) is 3.09. The van der Waals surface area contributed by atoms with E-state index in [4.69, 9.17) is 17.0 Å². The van der Waals surface area contributed by atoms with E-state index in [2.05, 4.69) is 9.88 Å². The van der Waals surface area contributed by atoms with Crippen LogP contribution in [0, 0.1) is 4.64 Å². The molecule has 0 spiro atoms. The molecule has 0 bridgehead atoms. The monoisotopic (exact) mass is 281 g/mol. The zero-order valence-electron chi connectivity index (χ0n) is 11.0. The van der Waals surface area contributed by atoms with Crippen molar-refractivity contribution in [3.8, 4) is 0 Å². The summed E-state index contributed by atoms with van der Waals surface area (Å²) >= 11 is 5.24. The van der Waals surface area contributed by atoms with Crippen molar-refractivity contribution in [1.82, 2.24) is 14.5 Å². The number of rotatable bonds is 3. The van der Waals surface area contributed by atoms with Gasteiger partial charge in [0.15, 0.2) is 0 Å². The van der Waals surface area contributed by atoms with Crippen molar-refractivity contribution >= 4 is 12.2 Å². The molecule has 0 atom stereocenters. The highest BCUT2D eigenvalue weighted by molar-refractivity contribution is 7.71. The summed E-state index contributed by atoms with van der Waals surface area (Å²) in [5.41, 5.74) is 2.28. The average molecular weight is 281 g/mol. The number of fused-ring (bicyclic) bond motifs is 1. The summed E-state index contributed by atoms with van der Waals surface area (Å²) in [4.78, 5) is 17.2. The van der Waals surface area contributed by atoms with Gasteiger partial charge in [0.25, 0.3) is 0 Å². The Morgan fingerprint density at radius 1 is 1.21 bits per heavy atom. The van der Waals surface area contributed by atoms with Crippen molar-refractivity contribution < 1.29 is 4.74 Å². The third kappa shape index (κ3) is 2.66. The number of H-pyrrole nitrogens is 1. The van der Waals surface area contributed by atoms with E-state index in [9.17, 15) is 4.79 Å². The standard InChI is InChI=1S/C13H19N3O2S/c17-13-14-12(19)10-2-1-3-11(10)16(13)5-4-15-6-8-18-9-7-15/h1-9H2,(H,14,17,19). The average Bonchev–Trinajstić information content (AvgIpc) is 2.89. The van der Waals surface area contributed by atoms with Crippen LogP contribution >= 0.6 is 12.2 Å². The molecule has 104 valence electrons. The molecule has 1 fully saturated rings. The number of hydrogen-bond acceptors (Lipinski definition) is 4. The SMILES string of the molecule is O=c1[nH]c(=S)c2c(n1CCN1CCOCC1)CCC2. The first-order valence-corrected chi connectivity index (χ1v) is 7.31. The van der Waals surface area contributed by atoms with Crippen LogP contribution in [0.3, 0.4) is 0 Å². The molecule has 0 unspecified atom stereocenters. The Morgan fingerprint density at radius 3 is 2.79 bits per heavy atom. The highest BCUT2D eigenvalue weighted by Crippen LogP contribution is 2.20. The lowest BCUT2D eigenvalue weighted by molar-refractivity contribution is 0.0361. The van der Waals surface area contributed by atoms with Gasteiger partial charge in [0.1, 0.15) is 4.64 Å². The molecule has 2 aliphatic rings. The van der Waals surface area contributed by atoms with Crippen molar-refractivity contribution in [2.75, 3.05) is 32.8 Å². The Kier molecular flexibility index (Phi) is 3.81. The Bertz CT molecular complexity index is 572. The molecule has 1 aliphatic carbocycles. The van der Waals surface area contributed by atoms with Crippen LogP contribution in [-0.2, 0) is 24.1 Å². The zero-order chi connectivity index (χ0) is 13.2. The topological polar surface area (TPSA) is 50.3 Å². The predicted octanol–water partition coefficient (Wildman–Crippen LogP) is 0.727. The number of nitrogens with one attached hydrogen (secondary N) is 1. The van der Waals surface area contributed by atoms with Crippen LogP contribution in [0.4, 0.5) is 0 Å². The Morgan fingerprint density at radius 2 is 2.00 bits per heavy atom. The molecule has 6 heteroatoms. The highest BCUT2D eigenvalue weighted by atomic mass is 32.1. The van der Waals surface area contributed by atoms with Crippen molar-refractivity contribution in [1.29, 1.82) is 0 Å². The fourth-order valence-electron chi connectivity index (χ4n) is 2.94. The van der Waals surface area contributed by atoms with Gasteiger partial charge in [-0.25, -0.2) is 4.79 Å². The fraction of sp³-hybridized carbons (Fsp3) is 0.692. The molecular formula is C13H19N3O2S. The second kappa shape index (κ2) is 5.56. The normalized spacial score (nSPS) is 19.6. The van der Waals surface area contributed by atoms with Gasteiger partial charge in [-0.3, -0.25) is 14.5 Å². The molecule has 0 saturated carbocycles. The molecule has 3 rings (SSSR count). The van der Waals surface area contributed by atoms with E-state index in [0.717, 1.165) is 64.3 Å². The van der Waals surface area contributed by atoms with Crippen molar-refractivity contribution in [3.63, 3.8) is 0 Å². The van der Waals surface area contributed by atoms with E-state index in [0.29, 0.717) is 4.64 Å². The third-order valence-electron chi connectivity index (χ3n) is 4.00. The predicted molar refractivity (Wildman–Crippen MR) is 75.2 cm³/mol. The number of morpholine rings is 1. The maximum absolute atomic E-state index is 12.1. The van der Waals surface area contributed by atoms with Crippen LogP contribution in [-0.4, -0.2) is 47.3 Å². The summed E-state index contributed by atoms with van der Waals surface area (Å²) < 4.78 is 7.86. The summed E-state index contributed by atoms with van der Waals surface area (Å²) in [5.74, 6) is 0. The number of aromatic nitrogens is 2. The molecule has 1 saturated heterocycles. The van der Waals surface area contributed by atoms with Crippen LogP contribution in [0.2, 0.25) is 0 Å². The number of hydrogen-bond donors (Lipinski definition) is 1. The number of aromatic amines is 1. The van der Waals surface area contributed by atoms with Crippen LogP contribution < -0.4 is 5.69 Å².